The molecule has 0 amide bonds. The highest BCUT2D eigenvalue weighted by atomic mass is 16.7. The Morgan fingerprint density at radius 3 is 2.40 bits per heavy atom. The highest BCUT2D eigenvalue weighted by Gasteiger charge is 2.26. The third-order valence-electron chi connectivity index (χ3n) is 2.02. The maximum Gasteiger partial charge on any atom is 0.157 e. The highest BCUT2D eigenvalue weighted by Crippen LogP contribution is 2.24. The molecule has 0 radical (unpaired) electrons. The van der Waals surface area contributed by atoms with Gasteiger partial charge in [-0.05, 0) is 12.3 Å². The van der Waals surface area contributed by atoms with E-state index in [9.17, 15) is 0 Å². The zero-order chi connectivity index (χ0) is 7.56. The summed E-state index contributed by atoms with van der Waals surface area (Å²) in [6.07, 6.45) is 2.69. The van der Waals surface area contributed by atoms with Gasteiger partial charge in [-0.2, -0.15) is 0 Å². The monoisotopic (exact) mass is 144 g/mol. The van der Waals surface area contributed by atoms with Crippen molar-refractivity contribution in [2.75, 3.05) is 7.11 Å². The van der Waals surface area contributed by atoms with Crippen molar-refractivity contribution in [1.29, 1.82) is 0 Å². The van der Waals surface area contributed by atoms with Crippen LogP contribution in [0.15, 0.2) is 0 Å². The molecular weight excluding hydrogens is 128 g/mol. The van der Waals surface area contributed by atoms with Crippen molar-refractivity contribution in [2.45, 2.75) is 39.1 Å². The fourth-order valence-corrected chi connectivity index (χ4v) is 1.30. The summed E-state index contributed by atoms with van der Waals surface area (Å²) in [4.78, 5) is 0. The molecule has 1 saturated heterocycles. The van der Waals surface area contributed by atoms with Gasteiger partial charge in [0.15, 0.2) is 6.29 Å². The zero-order valence-corrected chi connectivity index (χ0v) is 6.96. The van der Waals surface area contributed by atoms with Gasteiger partial charge >= 0.3 is 0 Å². The fourth-order valence-electron chi connectivity index (χ4n) is 1.30. The van der Waals surface area contributed by atoms with E-state index in [4.69, 9.17) is 9.47 Å². The van der Waals surface area contributed by atoms with E-state index < -0.39 is 0 Å². The van der Waals surface area contributed by atoms with Gasteiger partial charge in [0, 0.05) is 13.5 Å². The molecular formula is C8H16O2. The Morgan fingerprint density at radius 1 is 1.40 bits per heavy atom. The van der Waals surface area contributed by atoms with Crippen LogP contribution in [-0.2, 0) is 9.47 Å². The Morgan fingerprint density at radius 2 is 2.10 bits per heavy atom. The topological polar surface area (TPSA) is 18.5 Å². The number of ether oxygens (including phenoxy) is 2. The minimum absolute atomic E-state index is 0.0624. The summed E-state index contributed by atoms with van der Waals surface area (Å²) in [6.45, 7) is 4.37. The lowest BCUT2D eigenvalue weighted by atomic mass is 10.1. The average molecular weight is 144 g/mol. The number of rotatable bonds is 2. The second-order valence-corrected chi connectivity index (χ2v) is 3.16. The molecule has 0 aliphatic carbocycles. The first kappa shape index (κ1) is 8.02. The number of hydrogen-bond donors (Lipinski definition) is 0. The third-order valence-corrected chi connectivity index (χ3v) is 2.02. The molecule has 0 spiro atoms. The normalized spacial score (nSPS) is 33.6. The largest absolute Gasteiger partial charge is 0.356 e. The predicted octanol–water partition coefficient (Wildman–Crippen LogP) is 1.79. The summed E-state index contributed by atoms with van der Waals surface area (Å²) in [6, 6.07) is 0. The van der Waals surface area contributed by atoms with Gasteiger partial charge in [0.05, 0.1) is 6.10 Å². The van der Waals surface area contributed by atoms with E-state index >= 15 is 0 Å². The smallest absolute Gasteiger partial charge is 0.157 e. The summed E-state index contributed by atoms with van der Waals surface area (Å²) < 4.78 is 10.6. The molecule has 1 aliphatic heterocycles. The van der Waals surface area contributed by atoms with Crippen molar-refractivity contribution in [1.82, 2.24) is 0 Å². The Hall–Kier alpha value is -0.0800. The van der Waals surface area contributed by atoms with E-state index in [-0.39, 0.29) is 6.29 Å². The quantitative estimate of drug-likeness (QED) is 0.588. The molecule has 0 aromatic carbocycles. The number of hydrogen-bond acceptors (Lipinski definition) is 2. The van der Waals surface area contributed by atoms with E-state index in [0.717, 1.165) is 12.8 Å². The predicted molar refractivity (Wildman–Crippen MR) is 39.7 cm³/mol. The molecule has 2 unspecified atom stereocenters. The van der Waals surface area contributed by atoms with Crippen molar-refractivity contribution in [3.8, 4) is 0 Å². The van der Waals surface area contributed by atoms with Crippen LogP contribution < -0.4 is 0 Å². The molecule has 0 N–H and O–H groups in total. The molecule has 0 aromatic rings. The Labute approximate surface area is 62.5 Å². The van der Waals surface area contributed by atoms with E-state index in [0.29, 0.717) is 12.0 Å². The molecule has 2 atom stereocenters. The number of methoxy groups -OCH3 is 1. The van der Waals surface area contributed by atoms with Crippen molar-refractivity contribution < 1.29 is 9.47 Å². The first-order valence-electron chi connectivity index (χ1n) is 3.92. The fraction of sp³-hybridized carbons (Fsp3) is 1.00. The first-order valence-corrected chi connectivity index (χ1v) is 3.92. The van der Waals surface area contributed by atoms with E-state index in [1.807, 2.05) is 0 Å². The highest BCUT2D eigenvalue weighted by molar-refractivity contribution is 4.70. The maximum atomic E-state index is 5.55. The maximum absolute atomic E-state index is 5.55. The van der Waals surface area contributed by atoms with Crippen LogP contribution in [0.4, 0.5) is 0 Å². The van der Waals surface area contributed by atoms with Gasteiger partial charge in [-0.3, -0.25) is 0 Å². The van der Waals surface area contributed by atoms with E-state index in [2.05, 4.69) is 13.8 Å². The zero-order valence-electron chi connectivity index (χ0n) is 6.96. The molecule has 1 aliphatic rings. The molecule has 0 bridgehead atoms. The molecule has 0 saturated carbocycles. The Balaban J connectivity index is 2.28. The summed E-state index contributed by atoms with van der Waals surface area (Å²) in [5.41, 5.74) is 0. The summed E-state index contributed by atoms with van der Waals surface area (Å²) in [7, 11) is 1.70. The SMILES string of the molecule is COC1CCC(C(C)C)O1. The van der Waals surface area contributed by atoms with E-state index in [1.54, 1.807) is 7.11 Å². The second kappa shape index (κ2) is 3.35. The van der Waals surface area contributed by atoms with Gasteiger partial charge in [0.25, 0.3) is 0 Å². The average Bonchev–Trinajstić information content (AvgIpc) is 2.34. The lowest BCUT2D eigenvalue weighted by Crippen LogP contribution is -2.17. The molecule has 10 heavy (non-hydrogen) atoms. The van der Waals surface area contributed by atoms with Crippen molar-refractivity contribution >= 4 is 0 Å². The van der Waals surface area contributed by atoms with Crippen LogP contribution in [0.25, 0.3) is 0 Å². The van der Waals surface area contributed by atoms with Crippen LogP contribution in [0, 0.1) is 5.92 Å². The molecule has 1 rings (SSSR count). The van der Waals surface area contributed by atoms with Gasteiger partial charge in [-0.25, -0.2) is 0 Å². The first-order chi connectivity index (χ1) is 4.74. The lowest BCUT2D eigenvalue weighted by Gasteiger charge is -2.14. The molecule has 1 fully saturated rings. The Kier molecular flexibility index (Phi) is 2.69. The van der Waals surface area contributed by atoms with Gasteiger partial charge in [-0.15, -0.1) is 0 Å². The standard InChI is InChI=1S/C8H16O2/c1-6(2)7-4-5-8(9-3)10-7/h6-8H,4-5H2,1-3H3. The van der Waals surface area contributed by atoms with Gasteiger partial charge in [-0.1, -0.05) is 13.8 Å². The van der Waals surface area contributed by atoms with Crippen molar-refractivity contribution in [3.05, 3.63) is 0 Å². The van der Waals surface area contributed by atoms with Crippen LogP contribution in [0.3, 0.4) is 0 Å². The minimum atomic E-state index is 0.0624. The third kappa shape index (κ3) is 1.70. The van der Waals surface area contributed by atoms with Crippen molar-refractivity contribution in [3.63, 3.8) is 0 Å². The van der Waals surface area contributed by atoms with Gasteiger partial charge in [0.1, 0.15) is 0 Å². The van der Waals surface area contributed by atoms with Crippen molar-refractivity contribution in [2.24, 2.45) is 5.92 Å². The van der Waals surface area contributed by atoms with Gasteiger partial charge in [0.2, 0.25) is 0 Å². The van der Waals surface area contributed by atoms with Crippen LogP contribution in [-0.4, -0.2) is 19.5 Å². The summed E-state index contributed by atoms with van der Waals surface area (Å²) >= 11 is 0. The molecule has 60 valence electrons. The van der Waals surface area contributed by atoms with Crippen LogP contribution >= 0.6 is 0 Å². The Bertz CT molecular complexity index is 101. The van der Waals surface area contributed by atoms with Crippen LogP contribution in [0.2, 0.25) is 0 Å². The summed E-state index contributed by atoms with van der Waals surface area (Å²) in [5.74, 6) is 0.625. The molecule has 1 heterocycles. The summed E-state index contributed by atoms with van der Waals surface area (Å²) in [5, 5.41) is 0. The molecule has 2 heteroatoms. The second-order valence-electron chi connectivity index (χ2n) is 3.16. The lowest BCUT2D eigenvalue weighted by molar-refractivity contribution is -0.123. The van der Waals surface area contributed by atoms with Gasteiger partial charge < -0.3 is 9.47 Å². The molecule has 0 aromatic heterocycles. The van der Waals surface area contributed by atoms with Crippen LogP contribution in [0.5, 0.6) is 0 Å². The molecule has 2 nitrogen and oxygen atoms in total. The minimum Gasteiger partial charge on any atom is -0.356 e. The van der Waals surface area contributed by atoms with E-state index in [1.165, 1.54) is 0 Å². The van der Waals surface area contributed by atoms with Crippen LogP contribution in [0.1, 0.15) is 26.7 Å².